The predicted octanol–water partition coefficient (Wildman–Crippen LogP) is 0.291. The molecule has 1 N–H and O–H groups in total. The summed E-state index contributed by atoms with van der Waals surface area (Å²) in [6, 6.07) is 0.350. The maximum Gasteiger partial charge on any atom is 0.137 e. The van der Waals surface area contributed by atoms with Crippen LogP contribution in [0, 0.1) is 0 Å². The number of rotatable bonds is 6. The highest BCUT2D eigenvalue weighted by atomic mass is 16.5. The summed E-state index contributed by atoms with van der Waals surface area (Å²) in [5.74, 6) is 0. The Balaban J connectivity index is 2.15. The molecule has 0 fully saturated rings. The smallest absolute Gasteiger partial charge is 0.137 e. The summed E-state index contributed by atoms with van der Waals surface area (Å²) < 4.78 is 7.01. The number of hydrogen-bond donors (Lipinski definition) is 1. The van der Waals surface area contributed by atoms with Crippen molar-refractivity contribution in [3.63, 3.8) is 0 Å². The van der Waals surface area contributed by atoms with Gasteiger partial charge in [0.2, 0.25) is 0 Å². The molecule has 2 unspecified atom stereocenters. The molecule has 0 bridgehead atoms. The highest BCUT2D eigenvalue weighted by Gasteiger charge is 2.09. The molecular formula is C9H18N4O. The highest BCUT2D eigenvalue weighted by Crippen LogP contribution is 1.95. The van der Waals surface area contributed by atoms with E-state index in [2.05, 4.69) is 22.3 Å². The summed E-state index contributed by atoms with van der Waals surface area (Å²) in [6.07, 6.45) is 3.48. The van der Waals surface area contributed by atoms with Gasteiger partial charge in [0.25, 0.3) is 0 Å². The van der Waals surface area contributed by atoms with E-state index < -0.39 is 0 Å². The van der Waals surface area contributed by atoms with Gasteiger partial charge in [0.05, 0.1) is 12.6 Å². The van der Waals surface area contributed by atoms with E-state index in [-0.39, 0.29) is 6.10 Å². The highest BCUT2D eigenvalue weighted by molar-refractivity contribution is 4.68. The van der Waals surface area contributed by atoms with Crippen molar-refractivity contribution in [2.24, 2.45) is 0 Å². The molecule has 0 aromatic carbocycles. The van der Waals surface area contributed by atoms with Crippen LogP contribution in [0.15, 0.2) is 12.7 Å². The summed E-state index contributed by atoms with van der Waals surface area (Å²) in [5, 5.41) is 7.37. The van der Waals surface area contributed by atoms with Gasteiger partial charge in [-0.05, 0) is 13.8 Å². The van der Waals surface area contributed by atoms with Gasteiger partial charge in [-0.25, -0.2) is 4.98 Å². The first kappa shape index (κ1) is 11.1. The standard InChI is InChI=1S/C9H18N4O/c1-8(9(2)14-3)11-4-5-13-7-10-6-12-13/h6-9,11H,4-5H2,1-3H3. The van der Waals surface area contributed by atoms with Crippen molar-refractivity contribution < 1.29 is 4.74 Å². The van der Waals surface area contributed by atoms with Gasteiger partial charge >= 0.3 is 0 Å². The second-order valence-electron chi connectivity index (χ2n) is 3.34. The molecule has 0 radical (unpaired) electrons. The zero-order chi connectivity index (χ0) is 10.4. The van der Waals surface area contributed by atoms with Gasteiger partial charge in [-0.15, -0.1) is 0 Å². The minimum Gasteiger partial charge on any atom is -0.380 e. The lowest BCUT2D eigenvalue weighted by atomic mass is 10.2. The Bertz CT molecular complexity index is 237. The number of nitrogens with zero attached hydrogens (tertiary/aromatic N) is 3. The third-order valence-electron chi connectivity index (χ3n) is 2.35. The molecule has 0 aliphatic carbocycles. The van der Waals surface area contributed by atoms with Gasteiger partial charge in [0, 0.05) is 19.7 Å². The van der Waals surface area contributed by atoms with Gasteiger partial charge < -0.3 is 10.1 Å². The van der Waals surface area contributed by atoms with Crippen molar-refractivity contribution in [2.75, 3.05) is 13.7 Å². The quantitative estimate of drug-likeness (QED) is 0.714. The van der Waals surface area contributed by atoms with E-state index in [4.69, 9.17) is 4.74 Å². The minimum absolute atomic E-state index is 0.228. The van der Waals surface area contributed by atoms with E-state index in [1.54, 1.807) is 24.4 Å². The van der Waals surface area contributed by atoms with E-state index in [0.29, 0.717) is 6.04 Å². The van der Waals surface area contributed by atoms with E-state index in [0.717, 1.165) is 13.1 Å². The second-order valence-corrected chi connectivity index (χ2v) is 3.34. The topological polar surface area (TPSA) is 52.0 Å². The Morgan fingerprint density at radius 1 is 1.50 bits per heavy atom. The molecular weight excluding hydrogens is 180 g/mol. The normalized spacial score (nSPS) is 15.4. The Kier molecular flexibility index (Phi) is 4.55. The molecule has 2 atom stereocenters. The van der Waals surface area contributed by atoms with Crippen LogP contribution < -0.4 is 5.32 Å². The third kappa shape index (κ3) is 3.43. The van der Waals surface area contributed by atoms with Crippen LogP contribution in [0.25, 0.3) is 0 Å². The van der Waals surface area contributed by atoms with Crippen molar-refractivity contribution in [1.29, 1.82) is 0 Å². The Morgan fingerprint density at radius 3 is 2.86 bits per heavy atom. The van der Waals surface area contributed by atoms with Crippen LogP contribution in [0.2, 0.25) is 0 Å². The molecule has 80 valence electrons. The van der Waals surface area contributed by atoms with E-state index in [1.807, 2.05) is 6.92 Å². The average Bonchev–Trinajstić information content (AvgIpc) is 2.69. The van der Waals surface area contributed by atoms with Crippen LogP contribution in [0.5, 0.6) is 0 Å². The molecule has 0 saturated heterocycles. The van der Waals surface area contributed by atoms with Gasteiger partial charge in [-0.1, -0.05) is 0 Å². The number of aromatic nitrogens is 3. The molecule has 1 heterocycles. The zero-order valence-corrected chi connectivity index (χ0v) is 8.97. The molecule has 0 amide bonds. The van der Waals surface area contributed by atoms with Crippen LogP contribution in [-0.4, -0.2) is 40.6 Å². The lowest BCUT2D eigenvalue weighted by molar-refractivity contribution is 0.0884. The molecule has 14 heavy (non-hydrogen) atoms. The van der Waals surface area contributed by atoms with E-state index in [1.165, 1.54) is 0 Å². The fourth-order valence-corrected chi connectivity index (χ4v) is 1.13. The first-order valence-corrected chi connectivity index (χ1v) is 4.82. The SMILES string of the molecule is COC(C)C(C)NCCn1cncn1. The summed E-state index contributed by atoms with van der Waals surface area (Å²) >= 11 is 0. The Hall–Kier alpha value is -0.940. The van der Waals surface area contributed by atoms with Gasteiger partial charge in [0.15, 0.2) is 0 Å². The largest absolute Gasteiger partial charge is 0.380 e. The average molecular weight is 198 g/mol. The summed E-state index contributed by atoms with van der Waals surface area (Å²) in [6.45, 7) is 5.86. The Labute approximate surface area is 84.5 Å². The van der Waals surface area contributed by atoms with E-state index in [9.17, 15) is 0 Å². The molecule has 5 heteroatoms. The Morgan fingerprint density at radius 2 is 2.29 bits per heavy atom. The molecule has 0 aliphatic heterocycles. The second kappa shape index (κ2) is 5.72. The van der Waals surface area contributed by atoms with Gasteiger partial charge in [0.1, 0.15) is 12.7 Å². The van der Waals surface area contributed by atoms with Crippen LogP contribution in [-0.2, 0) is 11.3 Å². The third-order valence-corrected chi connectivity index (χ3v) is 2.35. The summed E-state index contributed by atoms with van der Waals surface area (Å²) in [4.78, 5) is 3.87. The van der Waals surface area contributed by atoms with Crippen LogP contribution in [0.1, 0.15) is 13.8 Å². The predicted molar refractivity (Wildman–Crippen MR) is 54.0 cm³/mol. The van der Waals surface area contributed by atoms with Crippen molar-refractivity contribution in [3.8, 4) is 0 Å². The maximum atomic E-state index is 5.20. The van der Waals surface area contributed by atoms with Crippen molar-refractivity contribution in [3.05, 3.63) is 12.7 Å². The molecule has 1 aromatic heterocycles. The van der Waals surface area contributed by atoms with Crippen molar-refractivity contribution >= 4 is 0 Å². The first-order valence-electron chi connectivity index (χ1n) is 4.82. The lowest BCUT2D eigenvalue weighted by Crippen LogP contribution is -2.38. The fraction of sp³-hybridized carbons (Fsp3) is 0.778. The number of nitrogens with one attached hydrogen (secondary N) is 1. The lowest BCUT2D eigenvalue weighted by Gasteiger charge is -2.19. The van der Waals surface area contributed by atoms with Gasteiger partial charge in [-0.2, -0.15) is 5.10 Å². The van der Waals surface area contributed by atoms with Crippen LogP contribution in [0.3, 0.4) is 0 Å². The molecule has 5 nitrogen and oxygen atoms in total. The van der Waals surface area contributed by atoms with Gasteiger partial charge in [-0.3, -0.25) is 4.68 Å². The maximum absolute atomic E-state index is 5.20. The molecule has 0 saturated carbocycles. The summed E-state index contributed by atoms with van der Waals surface area (Å²) in [5.41, 5.74) is 0. The fourth-order valence-electron chi connectivity index (χ4n) is 1.13. The van der Waals surface area contributed by atoms with Crippen molar-refractivity contribution in [1.82, 2.24) is 20.1 Å². The molecule has 0 spiro atoms. The van der Waals surface area contributed by atoms with Crippen molar-refractivity contribution in [2.45, 2.75) is 32.5 Å². The van der Waals surface area contributed by atoms with Crippen LogP contribution in [0.4, 0.5) is 0 Å². The monoisotopic (exact) mass is 198 g/mol. The summed E-state index contributed by atoms with van der Waals surface area (Å²) in [7, 11) is 1.72. The molecule has 1 rings (SSSR count). The molecule has 1 aromatic rings. The van der Waals surface area contributed by atoms with Crippen LogP contribution >= 0.6 is 0 Å². The zero-order valence-electron chi connectivity index (χ0n) is 8.97. The molecule has 0 aliphatic rings. The number of hydrogen-bond acceptors (Lipinski definition) is 4. The first-order chi connectivity index (χ1) is 6.74. The number of methoxy groups -OCH3 is 1. The minimum atomic E-state index is 0.228. The number of ether oxygens (including phenoxy) is 1. The van der Waals surface area contributed by atoms with E-state index >= 15 is 0 Å².